The maximum atomic E-state index is 6.04. The second-order valence-electron chi connectivity index (χ2n) is 3.77. The Labute approximate surface area is 83.9 Å². The number of pyridine rings is 1. The minimum absolute atomic E-state index is 0.0102. The zero-order chi connectivity index (χ0) is 9.97. The van der Waals surface area contributed by atoms with E-state index in [1.54, 1.807) is 18.5 Å². The third-order valence-corrected chi connectivity index (χ3v) is 2.69. The molecule has 0 amide bonds. The van der Waals surface area contributed by atoms with Crippen molar-refractivity contribution in [1.82, 2.24) is 9.88 Å². The van der Waals surface area contributed by atoms with E-state index in [-0.39, 0.29) is 6.04 Å². The predicted molar refractivity (Wildman–Crippen MR) is 56.6 cm³/mol. The van der Waals surface area contributed by atoms with Gasteiger partial charge in [0.05, 0.1) is 0 Å². The molecule has 0 aliphatic carbocycles. The monoisotopic (exact) mass is 192 g/mol. The number of hydrogen-bond donors (Lipinski definition) is 2. The van der Waals surface area contributed by atoms with Crippen LogP contribution in [0.4, 0.5) is 5.69 Å². The van der Waals surface area contributed by atoms with Gasteiger partial charge < -0.3 is 16.4 Å². The number of nitrogens with zero attached hydrogens (tertiary/aromatic N) is 2. The van der Waals surface area contributed by atoms with Crippen molar-refractivity contribution in [3.05, 3.63) is 24.0 Å². The molecule has 0 aromatic carbocycles. The van der Waals surface area contributed by atoms with Gasteiger partial charge in [0.25, 0.3) is 0 Å². The van der Waals surface area contributed by atoms with Gasteiger partial charge in [-0.05, 0) is 25.6 Å². The largest absolute Gasteiger partial charge is 0.398 e. The van der Waals surface area contributed by atoms with E-state index < -0.39 is 0 Å². The van der Waals surface area contributed by atoms with E-state index in [4.69, 9.17) is 11.5 Å². The molecule has 1 saturated heterocycles. The lowest BCUT2D eigenvalue weighted by Crippen LogP contribution is -2.41. The van der Waals surface area contributed by atoms with Gasteiger partial charge in [-0.3, -0.25) is 4.98 Å². The maximum Gasteiger partial charge on any atom is 0.0460 e. The minimum atomic E-state index is -0.0102. The van der Waals surface area contributed by atoms with Gasteiger partial charge in [0.2, 0.25) is 0 Å². The molecule has 0 radical (unpaired) electrons. The third-order valence-electron chi connectivity index (χ3n) is 2.69. The van der Waals surface area contributed by atoms with Crippen LogP contribution in [-0.2, 0) is 0 Å². The average molecular weight is 192 g/mol. The summed E-state index contributed by atoms with van der Waals surface area (Å²) in [5, 5.41) is 0. The number of aromatic nitrogens is 1. The van der Waals surface area contributed by atoms with Crippen LogP contribution < -0.4 is 11.5 Å². The third kappa shape index (κ3) is 1.86. The van der Waals surface area contributed by atoms with Crippen LogP contribution in [0.5, 0.6) is 0 Å². The first-order valence-corrected chi connectivity index (χ1v) is 4.94. The molecule has 1 fully saturated rings. The molecular formula is C10H16N4. The number of nitrogen functional groups attached to an aromatic ring is 1. The molecule has 76 valence electrons. The first-order chi connectivity index (χ1) is 6.77. The van der Waals surface area contributed by atoms with E-state index in [1.165, 1.54) is 6.42 Å². The van der Waals surface area contributed by atoms with Gasteiger partial charge in [-0.2, -0.15) is 0 Å². The zero-order valence-corrected chi connectivity index (χ0v) is 8.19. The van der Waals surface area contributed by atoms with Crippen LogP contribution >= 0.6 is 0 Å². The number of rotatable bonds is 3. The van der Waals surface area contributed by atoms with E-state index in [1.807, 2.05) is 0 Å². The van der Waals surface area contributed by atoms with Crippen LogP contribution in [0.1, 0.15) is 18.0 Å². The Morgan fingerprint density at radius 3 is 2.86 bits per heavy atom. The summed E-state index contributed by atoms with van der Waals surface area (Å²) in [6.45, 7) is 3.21. The van der Waals surface area contributed by atoms with Gasteiger partial charge in [-0.15, -0.1) is 0 Å². The van der Waals surface area contributed by atoms with Crippen molar-refractivity contribution in [2.75, 3.05) is 25.4 Å². The molecule has 4 nitrogen and oxygen atoms in total. The number of anilines is 1. The Morgan fingerprint density at radius 1 is 1.50 bits per heavy atom. The molecular weight excluding hydrogens is 176 g/mol. The quantitative estimate of drug-likeness (QED) is 0.726. The summed E-state index contributed by atoms with van der Waals surface area (Å²) in [6.07, 6.45) is 4.74. The van der Waals surface area contributed by atoms with E-state index in [0.29, 0.717) is 0 Å². The highest BCUT2D eigenvalue weighted by Gasteiger charge is 2.18. The van der Waals surface area contributed by atoms with E-state index in [0.717, 1.165) is 30.9 Å². The van der Waals surface area contributed by atoms with Crippen molar-refractivity contribution in [2.45, 2.75) is 12.5 Å². The maximum absolute atomic E-state index is 6.04. The van der Waals surface area contributed by atoms with Crippen LogP contribution in [0.3, 0.4) is 0 Å². The Morgan fingerprint density at radius 2 is 2.29 bits per heavy atom. The molecule has 0 saturated carbocycles. The van der Waals surface area contributed by atoms with Gasteiger partial charge in [0.15, 0.2) is 0 Å². The fourth-order valence-corrected chi connectivity index (χ4v) is 1.67. The highest BCUT2D eigenvalue weighted by molar-refractivity contribution is 5.46. The van der Waals surface area contributed by atoms with Crippen molar-refractivity contribution in [3.8, 4) is 0 Å². The predicted octanol–water partition coefficient (Wildman–Crippen LogP) is 0.369. The van der Waals surface area contributed by atoms with Gasteiger partial charge in [0, 0.05) is 36.2 Å². The van der Waals surface area contributed by atoms with Crippen molar-refractivity contribution < 1.29 is 0 Å². The van der Waals surface area contributed by atoms with Gasteiger partial charge >= 0.3 is 0 Å². The average Bonchev–Trinajstić information content (AvgIpc) is 2.12. The molecule has 2 rings (SSSR count). The van der Waals surface area contributed by atoms with Crippen molar-refractivity contribution in [3.63, 3.8) is 0 Å². The molecule has 2 heterocycles. The zero-order valence-electron chi connectivity index (χ0n) is 8.19. The lowest BCUT2D eigenvalue weighted by molar-refractivity contribution is 0.170. The lowest BCUT2D eigenvalue weighted by Gasteiger charge is -2.33. The molecule has 0 spiro atoms. The Hall–Kier alpha value is -1.13. The summed E-state index contributed by atoms with van der Waals surface area (Å²) in [5.74, 6) is 0. The van der Waals surface area contributed by atoms with Crippen LogP contribution in [-0.4, -0.2) is 29.5 Å². The van der Waals surface area contributed by atoms with E-state index in [9.17, 15) is 0 Å². The summed E-state index contributed by atoms with van der Waals surface area (Å²) in [5.41, 5.74) is 13.6. The van der Waals surface area contributed by atoms with Crippen LogP contribution in [0.25, 0.3) is 0 Å². The highest BCUT2D eigenvalue weighted by atomic mass is 15.2. The van der Waals surface area contributed by atoms with Crippen LogP contribution in [0.2, 0.25) is 0 Å². The Kier molecular flexibility index (Phi) is 2.65. The molecule has 4 N–H and O–H groups in total. The van der Waals surface area contributed by atoms with Crippen molar-refractivity contribution in [2.24, 2.45) is 5.73 Å². The molecule has 14 heavy (non-hydrogen) atoms. The van der Waals surface area contributed by atoms with Crippen molar-refractivity contribution >= 4 is 5.69 Å². The highest BCUT2D eigenvalue weighted by Crippen LogP contribution is 2.19. The van der Waals surface area contributed by atoms with Crippen molar-refractivity contribution in [1.29, 1.82) is 0 Å². The number of hydrogen-bond acceptors (Lipinski definition) is 4. The fraction of sp³-hybridized carbons (Fsp3) is 0.500. The normalized spacial score (nSPS) is 18.9. The summed E-state index contributed by atoms with van der Waals surface area (Å²) in [4.78, 5) is 6.37. The first-order valence-electron chi connectivity index (χ1n) is 4.94. The van der Waals surface area contributed by atoms with Crippen LogP contribution in [0, 0.1) is 0 Å². The van der Waals surface area contributed by atoms with Crippen LogP contribution in [0.15, 0.2) is 18.5 Å². The molecule has 0 bridgehead atoms. The van der Waals surface area contributed by atoms with Gasteiger partial charge in [-0.25, -0.2) is 0 Å². The fourth-order valence-electron chi connectivity index (χ4n) is 1.67. The first kappa shape index (κ1) is 9.43. The summed E-state index contributed by atoms with van der Waals surface area (Å²) >= 11 is 0. The summed E-state index contributed by atoms with van der Waals surface area (Å²) in [6, 6.07) is 1.79. The van der Waals surface area contributed by atoms with Gasteiger partial charge in [0.1, 0.15) is 0 Å². The van der Waals surface area contributed by atoms with Gasteiger partial charge in [-0.1, -0.05) is 0 Å². The molecule has 1 aliphatic heterocycles. The molecule has 1 aromatic rings. The molecule has 1 aromatic heterocycles. The summed E-state index contributed by atoms with van der Waals surface area (Å²) in [7, 11) is 0. The second kappa shape index (κ2) is 3.94. The SMILES string of the molecule is Nc1ccncc1C(N)CN1CCC1. The molecule has 1 aliphatic rings. The number of likely N-dealkylation sites (tertiary alicyclic amines) is 1. The Balaban J connectivity index is 2.02. The second-order valence-corrected chi connectivity index (χ2v) is 3.77. The molecule has 1 unspecified atom stereocenters. The summed E-state index contributed by atoms with van der Waals surface area (Å²) < 4.78 is 0. The molecule has 4 heteroatoms. The minimum Gasteiger partial charge on any atom is -0.398 e. The van der Waals surface area contributed by atoms with E-state index >= 15 is 0 Å². The topological polar surface area (TPSA) is 68.2 Å². The number of nitrogens with two attached hydrogens (primary N) is 2. The standard InChI is InChI=1S/C10H16N4/c11-9-2-3-13-6-8(9)10(12)7-14-4-1-5-14/h2-3,6,10H,1,4-5,7,12H2,(H2,11,13). The Bertz CT molecular complexity index is 309. The van der Waals surface area contributed by atoms with E-state index in [2.05, 4.69) is 9.88 Å². The lowest BCUT2D eigenvalue weighted by atomic mass is 10.1. The smallest absolute Gasteiger partial charge is 0.0460 e. The molecule has 1 atom stereocenters.